The Labute approximate surface area is 94.9 Å². The molecule has 1 rings (SSSR count). The third-order valence-corrected chi connectivity index (χ3v) is 2.50. The molecule has 0 radical (unpaired) electrons. The summed E-state index contributed by atoms with van der Waals surface area (Å²) in [6.45, 7) is 3.45. The van der Waals surface area contributed by atoms with Gasteiger partial charge in [-0.3, -0.25) is 0 Å². The number of aliphatic hydroxyl groups is 2. The molecule has 0 saturated carbocycles. The van der Waals surface area contributed by atoms with Crippen LogP contribution >= 0.6 is 0 Å². The second-order valence-corrected chi connectivity index (χ2v) is 4.31. The van der Waals surface area contributed by atoms with Gasteiger partial charge in [-0.1, -0.05) is 12.1 Å². The molecule has 1 aromatic rings. The Kier molecular flexibility index (Phi) is 4.41. The molecule has 0 aliphatic heterocycles. The second kappa shape index (κ2) is 5.39. The lowest BCUT2D eigenvalue weighted by Gasteiger charge is -2.24. The molecule has 0 amide bonds. The lowest BCUT2D eigenvalue weighted by atomic mass is 10.1. The van der Waals surface area contributed by atoms with Crippen LogP contribution in [-0.4, -0.2) is 29.0 Å². The zero-order valence-electron chi connectivity index (χ0n) is 9.57. The van der Waals surface area contributed by atoms with Gasteiger partial charge in [0.05, 0.1) is 12.2 Å². The van der Waals surface area contributed by atoms with Crippen molar-refractivity contribution in [3.63, 3.8) is 0 Å². The summed E-state index contributed by atoms with van der Waals surface area (Å²) in [7, 11) is 0. The zero-order chi connectivity index (χ0) is 12.2. The van der Waals surface area contributed by atoms with Crippen LogP contribution in [0.25, 0.3) is 0 Å². The minimum Gasteiger partial charge on any atom is -0.393 e. The minimum absolute atomic E-state index is 0.00127. The van der Waals surface area contributed by atoms with E-state index in [0.717, 1.165) is 5.56 Å². The second-order valence-electron chi connectivity index (χ2n) is 4.31. The molecule has 0 aliphatic rings. The van der Waals surface area contributed by atoms with Gasteiger partial charge in [-0.2, -0.15) is 0 Å². The average Bonchev–Trinajstić information content (AvgIpc) is 2.27. The first-order valence-electron chi connectivity index (χ1n) is 5.27. The van der Waals surface area contributed by atoms with E-state index in [2.05, 4.69) is 5.32 Å². The van der Waals surface area contributed by atoms with Gasteiger partial charge in [0.2, 0.25) is 0 Å². The maximum absolute atomic E-state index is 12.7. The van der Waals surface area contributed by atoms with Crippen molar-refractivity contribution in [1.82, 2.24) is 5.32 Å². The van der Waals surface area contributed by atoms with E-state index in [4.69, 9.17) is 5.11 Å². The summed E-state index contributed by atoms with van der Waals surface area (Å²) in [5.41, 5.74) is -0.191. The highest BCUT2D eigenvalue weighted by molar-refractivity contribution is 5.19. The van der Waals surface area contributed by atoms with E-state index >= 15 is 0 Å². The number of benzene rings is 1. The van der Waals surface area contributed by atoms with Gasteiger partial charge in [0.15, 0.2) is 0 Å². The molecule has 16 heavy (non-hydrogen) atoms. The summed E-state index contributed by atoms with van der Waals surface area (Å²) in [5.74, 6) is -0.265. The molecular formula is C12H18FNO2. The SMILES string of the molecule is CC(NCC(C)(O)CO)c1ccc(F)cc1. The predicted molar refractivity (Wildman–Crippen MR) is 60.5 cm³/mol. The fourth-order valence-electron chi connectivity index (χ4n) is 1.30. The van der Waals surface area contributed by atoms with Crippen LogP contribution in [0.1, 0.15) is 25.5 Å². The monoisotopic (exact) mass is 227 g/mol. The number of halogens is 1. The quantitative estimate of drug-likeness (QED) is 0.709. The lowest BCUT2D eigenvalue weighted by molar-refractivity contribution is 0.00106. The smallest absolute Gasteiger partial charge is 0.123 e. The molecule has 1 aromatic carbocycles. The van der Waals surface area contributed by atoms with Gasteiger partial charge in [0.25, 0.3) is 0 Å². The fourth-order valence-corrected chi connectivity index (χ4v) is 1.30. The highest BCUT2D eigenvalue weighted by Gasteiger charge is 2.19. The molecule has 0 aromatic heterocycles. The summed E-state index contributed by atoms with van der Waals surface area (Å²) >= 11 is 0. The van der Waals surface area contributed by atoms with E-state index in [1.807, 2.05) is 6.92 Å². The molecule has 2 unspecified atom stereocenters. The van der Waals surface area contributed by atoms with Crippen LogP contribution in [0, 0.1) is 5.82 Å². The molecule has 0 saturated heterocycles. The molecule has 0 fully saturated rings. The van der Waals surface area contributed by atoms with E-state index in [1.165, 1.54) is 12.1 Å². The van der Waals surface area contributed by atoms with Crippen molar-refractivity contribution in [3.8, 4) is 0 Å². The van der Waals surface area contributed by atoms with Crippen molar-refractivity contribution in [2.45, 2.75) is 25.5 Å². The van der Waals surface area contributed by atoms with E-state index in [0.29, 0.717) is 0 Å². The van der Waals surface area contributed by atoms with Crippen molar-refractivity contribution >= 4 is 0 Å². The number of hydrogen-bond donors (Lipinski definition) is 3. The number of hydrogen-bond acceptors (Lipinski definition) is 3. The van der Waals surface area contributed by atoms with Gasteiger partial charge in [0, 0.05) is 12.6 Å². The highest BCUT2D eigenvalue weighted by Crippen LogP contribution is 2.13. The maximum atomic E-state index is 12.7. The summed E-state index contributed by atoms with van der Waals surface area (Å²) in [4.78, 5) is 0. The highest BCUT2D eigenvalue weighted by atomic mass is 19.1. The van der Waals surface area contributed by atoms with Crippen LogP contribution in [0.5, 0.6) is 0 Å². The van der Waals surface area contributed by atoms with Crippen LogP contribution in [-0.2, 0) is 0 Å². The number of nitrogens with one attached hydrogen (secondary N) is 1. The summed E-state index contributed by atoms with van der Waals surface area (Å²) in [6.07, 6.45) is 0. The summed E-state index contributed by atoms with van der Waals surface area (Å²) < 4.78 is 12.7. The van der Waals surface area contributed by atoms with Crippen molar-refractivity contribution in [3.05, 3.63) is 35.6 Å². The van der Waals surface area contributed by atoms with Crippen LogP contribution in [0.2, 0.25) is 0 Å². The predicted octanol–water partition coefficient (Wildman–Crippen LogP) is 1.22. The Morgan fingerprint density at radius 1 is 1.38 bits per heavy atom. The first-order valence-corrected chi connectivity index (χ1v) is 5.27. The van der Waals surface area contributed by atoms with Crippen molar-refractivity contribution in [2.24, 2.45) is 0 Å². The van der Waals surface area contributed by atoms with Crippen LogP contribution in [0.3, 0.4) is 0 Å². The van der Waals surface area contributed by atoms with Crippen molar-refractivity contribution in [1.29, 1.82) is 0 Å². The fraction of sp³-hybridized carbons (Fsp3) is 0.500. The lowest BCUT2D eigenvalue weighted by Crippen LogP contribution is -2.41. The third kappa shape index (κ3) is 3.89. The Morgan fingerprint density at radius 3 is 2.44 bits per heavy atom. The Balaban J connectivity index is 2.53. The average molecular weight is 227 g/mol. The molecule has 0 heterocycles. The molecule has 0 spiro atoms. The van der Waals surface area contributed by atoms with Gasteiger partial charge < -0.3 is 15.5 Å². The van der Waals surface area contributed by atoms with Gasteiger partial charge in [-0.05, 0) is 31.5 Å². The minimum atomic E-state index is -1.13. The molecule has 0 bridgehead atoms. The third-order valence-electron chi connectivity index (χ3n) is 2.50. The van der Waals surface area contributed by atoms with E-state index in [1.54, 1.807) is 19.1 Å². The first kappa shape index (κ1) is 13.1. The Bertz CT molecular complexity index is 324. The molecule has 90 valence electrons. The molecule has 3 N–H and O–H groups in total. The zero-order valence-corrected chi connectivity index (χ0v) is 9.57. The van der Waals surface area contributed by atoms with Gasteiger partial charge >= 0.3 is 0 Å². The molecule has 2 atom stereocenters. The largest absolute Gasteiger partial charge is 0.393 e. The standard InChI is InChI=1S/C12H18FNO2/c1-9(14-7-12(2,16)8-15)10-3-5-11(13)6-4-10/h3-6,9,14-16H,7-8H2,1-2H3. The van der Waals surface area contributed by atoms with E-state index in [-0.39, 0.29) is 25.0 Å². The first-order chi connectivity index (χ1) is 7.44. The van der Waals surface area contributed by atoms with Crippen molar-refractivity contribution < 1.29 is 14.6 Å². The summed E-state index contributed by atoms with van der Waals surface area (Å²) in [5, 5.41) is 21.5. The molecule has 3 nitrogen and oxygen atoms in total. The Hall–Kier alpha value is -0.970. The summed E-state index contributed by atoms with van der Waals surface area (Å²) in [6, 6.07) is 6.19. The molecule has 4 heteroatoms. The van der Waals surface area contributed by atoms with E-state index in [9.17, 15) is 9.50 Å². The van der Waals surface area contributed by atoms with Gasteiger partial charge in [0.1, 0.15) is 5.82 Å². The van der Waals surface area contributed by atoms with E-state index < -0.39 is 5.60 Å². The van der Waals surface area contributed by atoms with Crippen LogP contribution < -0.4 is 5.32 Å². The van der Waals surface area contributed by atoms with Crippen molar-refractivity contribution in [2.75, 3.05) is 13.2 Å². The molecule has 0 aliphatic carbocycles. The van der Waals surface area contributed by atoms with Crippen LogP contribution in [0.4, 0.5) is 4.39 Å². The maximum Gasteiger partial charge on any atom is 0.123 e. The number of aliphatic hydroxyl groups excluding tert-OH is 1. The topological polar surface area (TPSA) is 52.5 Å². The normalized spacial score (nSPS) is 16.8. The van der Waals surface area contributed by atoms with Crippen LogP contribution in [0.15, 0.2) is 24.3 Å². The van der Waals surface area contributed by atoms with Gasteiger partial charge in [-0.15, -0.1) is 0 Å². The number of rotatable bonds is 5. The van der Waals surface area contributed by atoms with Gasteiger partial charge in [-0.25, -0.2) is 4.39 Å². The molecular weight excluding hydrogens is 209 g/mol. The Morgan fingerprint density at radius 2 is 1.94 bits per heavy atom.